The topological polar surface area (TPSA) is 56.8 Å². The number of carbonyl (C=O) groups is 1. The van der Waals surface area contributed by atoms with E-state index in [-0.39, 0.29) is 12.7 Å². The van der Waals surface area contributed by atoms with Crippen molar-refractivity contribution in [3.05, 3.63) is 74.9 Å². The molecule has 0 atom stereocenters. The first-order valence-electron chi connectivity index (χ1n) is 8.30. The van der Waals surface area contributed by atoms with Crippen molar-refractivity contribution in [1.29, 1.82) is 0 Å². The third kappa shape index (κ3) is 4.18. The Balaban J connectivity index is 1.33. The summed E-state index contributed by atoms with van der Waals surface area (Å²) in [4.78, 5) is 13.0. The third-order valence-corrected chi connectivity index (χ3v) is 5.37. The van der Waals surface area contributed by atoms with Crippen molar-refractivity contribution in [1.82, 2.24) is 5.32 Å². The van der Waals surface area contributed by atoms with Gasteiger partial charge in [-0.1, -0.05) is 29.8 Å². The maximum absolute atomic E-state index is 12.3. The monoisotopic (exact) mass is 401 g/mol. The number of nitrogens with one attached hydrogen (secondary N) is 1. The zero-order valence-electron chi connectivity index (χ0n) is 14.2. The molecular formula is C20H16ClNO4S. The van der Waals surface area contributed by atoms with Crippen LogP contribution >= 0.6 is 22.9 Å². The summed E-state index contributed by atoms with van der Waals surface area (Å²) in [5, 5.41) is 5.44. The third-order valence-electron chi connectivity index (χ3n) is 4.02. The molecule has 1 amide bonds. The molecule has 138 valence electrons. The molecule has 27 heavy (non-hydrogen) atoms. The summed E-state index contributed by atoms with van der Waals surface area (Å²) in [6.45, 7) is 0.989. The fourth-order valence-corrected chi connectivity index (χ4v) is 3.62. The molecule has 7 heteroatoms. The zero-order valence-corrected chi connectivity index (χ0v) is 15.8. The summed E-state index contributed by atoms with van der Waals surface area (Å²) >= 11 is 7.49. The van der Waals surface area contributed by atoms with Gasteiger partial charge in [-0.05, 0) is 35.2 Å². The van der Waals surface area contributed by atoms with Gasteiger partial charge in [-0.3, -0.25) is 4.79 Å². The predicted molar refractivity (Wildman–Crippen MR) is 104 cm³/mol. The van der Waals surface area contributed by atoms with Gasteiger partial charge in [0.2, 0.25) is 6.79 Å². The summed E-state index contributed by atoms with van der Waals surface area (Å²) in [5.41, 5.74) is 1.82. The molecule has 0 aliphatic carbocycles. The first kappa shape index (κ1) is 17.7. The molecule has 2 heterocycles. The Morgan fingerprint density at radius 2 is 2.00 bits per heavy atom. The number of thiophene rings is 1. The maximum atomic E-state index is 12.3. The van der Waals surface area contributed by atoms with E-state index < -0.39 is 0 Å². The summed E-state index contributed by atoms with van der Waals surface area (Å²) in [6, 6.07) is 14.7. The van der Waals surface area contributed by atoms with Crippen LogP contribution in [0.5, 0.6) is 17.2 Å². The number of halogens is 1. The van der Waals surface area contributed by atoms with Gasteiger partial charge in [0.25, 0.3) is 5.91 Å². The Hall–Kier alpha value is -2.70. The van der Waals surface area contributed by atoms with Crippen molar-refractivity contribution >= 4 is 28.8 Å². The van der Waals surface area contributed by atoms with Gasteiger partial charge in [-0.2, -0.15) is 0 Å². The van der Waals surface area contributed by atoms with Crippen LogP contribution in [0, 0.1) is 0 Å². The Morgan fingerprint density at radius 1 is 1.15 bits per heavy atom. The number of benzene rings is 2. The van der Waals surface area contributed by atoms with E-state index in [9.17, 15) is 4.79 Å². The van der Waals surface area contributed by atoms with E-state index in [4.69, 9.17) is 25.8 Å². The lowest BCUT2D eigenvalue weighted by atomic mass is 10.2. The minimum absolute atomic E-state index is 0.130. The van der Waals surface area contributed by atoms with Gasteiger partial charge in [0.15, 0.2) is 11.5 Å². The number of carbonyl (C=O) groups excluding carboxylic acids is 1. The number of amides is 1. The highest BCUT2D eigenvalue weighted by Crippen LogP contribution is 2.35. The summed E-state index contributed by atoms with van der Waals surface area (Å²) in [6.07, 6.45) is 0. The van der Waals surface area contributed by atoms with Crippen LogP contribution in [0.3, 0.4) is 0 Å². The van der Waals surface area contributed by atoms with Crippen LogP contribution in [0.15, 0.2) is 53.9 Å². The molecule has 1 aromatic heterocycles. The van der Waals surface area contributed by atoms with Gasteiger partial charge in [0, 0.05) is 23.2 Å². The molecule has 3 aromatic rings. The molecule has 5 nitrogen and oxygen atoms in total. The number of hydrogen-bond acceptors (Lipinski definition) is 5. The molecule has 4 rings (SSSR count). The SMILES string of the molecule is O=C(NCc1ccccc1Cl)c1cc(COc2ccc3c(c2)OCO3)cs1. The average Bonchev–Trinajstić information content (AvgIpc) is 3.34. The Kier molecular flexibility index (Phi) is 5.18. The Morgan fingerprint density at radius 3 is 2.89 bits per heavy atom. The van der Waals surface area contributed by atoms with Crippen LogP contribution in [-0.4, -0.2) is 12.7 Å². The molecule has 0 fully saturated rings. The van der Waals surface area contributed by atoms with E-state index in [2.05, 4.69) is 5.32 Å². The molecular weight excluding hydrogens is 386 g/mol. The molecule has 0 radical (unpaired) electrons. The quantitative estimate of drug-likeness (QED) is 0.653. The van der Waals surface area contributed by atoms with Gasteiger partial charge in [0.05, 0.1) is 4.88 Å². The lowest BCUT2D eigenvalue weighted by Crippen LogP contribution is -2.21. The van der Waals surface area contributed by atoms with Crippen LogP contribution in [0.4, 0.5) is 0 Å². The van der Waals surface area contributed by atoms with Crippen LogP contribution in [0.1, 0.15) is 20.8 Å². The standard InChI is InChI=1S/C20H16ClNO4S/c21-16-4-2-1-3-14(16)9-22-20(23)19-7-13(11-27-19)10-24-15-5-6-17-18(8-15)26-12-25-17/h1-8,11H,9-10,12H2,(H,22,23). The molecule has 0 bridgehead atoms. The highest BCUT2D eigenvalue weighted by molar-refractivity contribution is 7.12. The number of hydrogen-bond donors (Lipinski definition) is 1. The maximum Gasteiger partial charge on any atom is 0.261 e. The number of rotatable bonds is 6. The Labute approximate surface area is 165 Å². The van der Waals surface area contributed by atoms with Crippen LogP contribution in [0.25, 0.3) is 0 Å². The molecule has 2 aromatic carbocycles. The van der Waals surface area contributed by atoms with Crippen molar-refractivity contribution in [2.24, 2.45) is 0 Å². The molecule has 1 aliphatic rings. The van der Waals surface area contributed by atoms with Gasteiger partial charge in [0.1, 0.15) is 12.4 Å². The smallest absolute Gasteiger partial charge is 0.261 e. The molecule has 0 spiro atoms. The molecule has 0 saturated heterocycles. The van der Waals surface area contributed by atoms with E-state index >= 15 is 0 Å². The number of fused-ring (bicyclic) bond motifs is 1. The van der Waals surface area contributed by atoms with Gasteiger partial charge in [-0.25, -0.2) is 0 Å². The first-order chi connectivity index (χ1) is 13.2. The average molecular weight is 402 g/mol. The van der Waals surface area contributed by atoms with E-state index in [1.165, 1.54) is 11.3 Å². The summed E-state index contributed by atoms with van der Waals surface area (Å²) < 4.78 is 16.4. The minimum Gasteiger partial charge on any atom is -0.489 e. The normalized spacial score (nSPS) is 12.0. The minimum atomic E-state index is -0.130. The molecule has 1 N–H and O–H groups in total. The van der Waals surface area contributed by atoms with Crippen molar-refractivity contribution < 1.29 is 19.0 Å². The second kappa shape index (κ2) is 7.90. The first-order valence-corrected chi connectivity index (χ1v) is 9.56. The molecule has 0 unspecified atom stereocenters. The highest BCUT2D eigenvalue weighted by Gasteiger charge is 2.14. The Bertz CT molecular complexity index is 972. The lowest BCUT2D eigenvalue weighted by molar-refractivity contribution is 0.0955. The number of ether oxygens (including phenoxy) is 3. The van der Waals surface area contributed by atoms with Crippen LogP contribution in [0.2, 0.25) is 5.02 Å². The largest absolute Gasteiger partial charge is 0.489 e. The van der Waals surface area contributed by atoms with E-state index in [0.717, 1.165) is 16.9 Å². The molecule has 0 saturated carbocycles. The summed E-state index contributed by atoms with van der Waals surface area (Å²) in [7, 11) is 0. The van der Waals surface area contributed by atoms with E-state index in [0.29, 0.717) is 34.6 Å². The summed E-state index contributed by atoms with van der Waals surface area (Å²) in [5.74, 6) is 1.96. The van der Waals surface area contributed by atoms with Crippen molar-refractivity contribution in [3.8, 4) is 17.2 Å². The highest BCUT2D eigenvalue weighted by atomic mass is 35.5. The van der Waals surface area contributed by atoms with E-state index in [1.54, 1.807) is 12.1 Å². The van der Waals surface area contributed by atoms with Gasteiger partial charge < -0.3 is 19.5 Å². The van der Waals surface area contributed by atoms with Gasteiger partial charge in [-0.15, -0.1) is 11.3 Å². The van der Waals surface area contributed by atoms with Crippen LogP contribution in [-0.2, 0) is 13.2 Å². The van der Waals surface area contributed by atoms with Crippen molar-refractivity contribution in [2.75, 3.05) is 6.79 Å². The fraction of sp³-hybridized carbons (Fsp3) is 0.150. The predicted octanol–water partition coefficient (Wildman–Crippen LogP) is 4.64. The second-order valence-corrected chi connectivity index (χ2v) is 7.22. The van der Waals surface area contributed by atoms with Crippen LogP contribution < -0.4 is 19.5 Å². The molecule has 1 aliphatic heterocycles. The zero-order chi connectivity index (χ0) is 18.6. The van der Waals surface area contributed by atoms with Crippen molar-refractivity contribution in [2.45, 2.75) is 13.2 Å². The second-order valence-electron chi connectivity index (χ2n) is 5.90. The van der Waals surface area contributed by atoms with E-state index in [1.807, 2.05) is 41.8 Å². The van der Waals surface area contributed by atoms with Crippen molar-refractivity contribution in [3.63, 3.8) is 0 Å². The fourth-order valence-electron chi connectivity index (χ4n) is 2.61. The van der Waals surface area contributed by atoms with Gasteiger partial charge >= 0.3 is 0 Å². The lowest BCUT2D eigenvalue weighted by Gasteiger charge is -2.06.